The predicted molar refractivity (Wildman–Crippen MR) is 89.3 cm³/mol. The molecule has 0 unspecified atom stereocenters. The summed E-state index contributed by atoms with van der Waals surface area (Å²) in [5, 5.41) is 3.43. The summed E-state index contributed by atoms with van der Waals surface area (Å²) in [4.78, 5) is 23.6. The molecule has 6 nitrogen and oxygen atoms in total. The minimum absolute atomic E-state index is 0.311. The third-order valence-corrected chi connectivity index (χ3v) is 5.45. The summed E-state index contributed by atoms with van der Waals surface area (Å²) in [6, 6.07) is 6.02. The second kappa shape index (κ2) is 6.45. The van der Waals surface area contributed by atoms with Gasteiger partial charge in [-0.25, -0.2) is 4.98 Å². The molecule has 23 heavy (non-hydrogen) atoms. The van der Waals surface area contributed by atoms with Gasteiger partial charge in [-0.3, -0.25) is 9.69 Å². The Kier molecular flexibility index (Phi) is 4.18. The van der Waals surface area contributed by atoms with Gasteiger partial charge in [0.2, 0.25) is 5.91 Å². The van der Waals surface area contributed by atoms with E-state index in [0.29, 0.717) is 24.3 Å². The average Bonchev–Trinajstić information content (AvgIpc) is 3.18. The Morgan fingerprint density at radius 2 is 1.87 bits per heavy atom. The van der Waals surface area contributed by atoms with E-state index in [1.807, 2.05) is 18.3 Å². The SMILES string of the molecule is O=C(CN1CCN(c2ccccn2)CC1)N1C[C@H]2CNC[C@H]2C1. The van der Waals surface area contributed by atoms with Crippen LogP contribution in [0.25, 0.3) is 0 Å². The van der Waals surface area contributed by atoms with E-state index < -0.39 is 0 Å². The van der Waals surface area contributed by atoms with Crippen LogP contribution in [-0.4, -0.2) is 79.6 Å². The minimum atomic E-state index is 0.311. The van der Waals surface area contributed by atoms with E-state index in [2.05, 4.69) is 31.1 Å². The molecule has 3 fully saturated rings. The fourth-order valence-electron chi connectivity index (χ4n) is 4.03. The number of fused-ring (bicyclic) bond motifs is 1. The number of hydrogen-bond acceptors (Lipinski definition) is 5. The molecule has 0 radical (unpaired) electrons. The second-order valence-corrected chi connectivity index (χ2v) is 6.93. The highest BCUT2D eigenvalue weighted by Gasteiger charge is 2.38. The number of nitrogens with zero attached hydrogens (tertiary/aromatic N) is 4. The monoisotopic (exact) mass is 315 g/mol. The van der Waals surface area contributed by atoms with Gasteiger partial charge < -0.3 is 15.1 Å². The lowest BCUT2D eigenvalue weighted by Gasteiger charge is -2.35. The number of likely N-dealkylation sites (tertiary alicyclic amines) is 1. The molecule has 3 saturated heterocycles. The Bertz CT molecular complexity index is 531. The van der Waals surface area contributed by atoms with Crippen molar-refractivity contribution in [3.8, 4) is 0 Å². The number of piperazine rings is 1. The van der Waals surface area contributed by atoms with Crippen LogP contribution in [0.3, 0.4) is 0 Å². The molecule has 0 aromatic carbocycles. The van der Waals surface area contributed by atoms with Crippen molar-refractivity contribution in [2.75, 3.05) is 63.8 Å². The van der Waals surface area contributed by atoms with Gasteiger partial charge in [0.25, 0.3) is 0 Å². The van der Waals surface area contributed by atoms with Gasteiger partial charge in [-0.15, -0.1) is 0 Å². The summed E-state index contributed by atoms with van der Waals surface area (Å²) in [6.07, 6.45) is 1.84. The van der Waals surface area contributed by atoms with E-state index in [9.17, 15) is 4.79 Å². The van der Waals surface area contributed by atoms with Crippen LogP contribution in [0.1, 0.15) is 0 Å². The van der Waals surface area contributed by atoms with Crippen LogP contribution < -0.4 is 10.2 Å². The summed E-state index contributed by atoms with van der Waals surface area (Å²) in [7, 11) is 0. The van der Waals surface area contributed by atoms with Gasteiger partial charge in [0, 0.05) is 58.6 Å². The lowest BCUT2D eigenvalue weighted by Crippen LogP contribution is -2.50. The fraction of sp³-hybridized carbons (Fsp3) is 0.647. The molecule has 0 bridgehead atoms. The highest BCUT2D eigenvalue weighted by Crippen LogP contribution is 2.26. The molecule has 3 aliphatic rings. The van der Waals surface area contributed by atoms with E-state index in [4.69, 9.17) is 0 Å². The highest BCUT2D eigenvalue weighted by molar-refractivity contribution is 5.78. The molecule has 1 aromatic rings. The zero-order valence-electron chi connectivity index (χ0n) is 13.5. The molecule has 1 amide bonds. The topological polar surface area (TPSA) is 51.7 Å². The maximum Gasteiger partial charge on any atom is 0.236 e. The van der Waals surface area contributed by atoms with Crippen LogP contribution >= 0.6 is 0 Å². The van der Waals surface area contributed by atoms with Crippen LogP contribution in [-0.2, 0) is 4.79 Å². The first-order chi connectivity index (χ1) is 11.3. The third-order valence-electron chi connectivity index (χ3n) is 5.45. The van der Waals surface area contributed by atoms with E-state index in [0.717, 1.165) is 58.2 Å². The van der Waals surface area contributed by atoms with Gasteiger partial charge >= 0.3 is 0 Å². The van der Waals surface area contributed by atoms with Crippen molar-refractivity contribution in [1.82, 2.24) is 20.1 Å². The molecular weight excluding hydrogens is 290 g/mol. The van der Waals surface area contributed by atoms with Gasteiger partial charge in [-0.1, -0.05) is 6.07 Å². The number of hydrogen-bond donors (Lipinski definition) is 1. The molecule has 0 spiro atoms. The number of carbonyl (C=O) groups excluding carboxylic acids is 1. The molecule has 3 aliphatic heterocycles. The number of aromatic nitrogens is 1. The Hall–Kier alpha value is -1.66. The van der Waals surface area contributed by atoms with Gasteiger partial charge in [0.15, 0.2) is 0 Å². The Morgan fingerprint density at radius 3 is 2.52 bits per heavy atom. The van der Waals surface area contributed by atoms with Crippen molar-refractivity contribution < 1.29 is 4.79 Å². The second-order valence-electron chi connectivity index (χ2n) is 6.93. The third kappa shape index (κ3) is 3.19. The number of anilines is 1. The standard InChI is InChI=1S/C17H25N5O/c23-17(22-11-14-9-18-10-15(14)12-22)13-20-5-7-21(8-6-20)16-3-1-2-4-19-16/h1-4,14-15,18H,5-13H2/t14-,15+. The highest BCUT2D eigenvalue weighted by atomic mass is 16.2. The first kappa shape index (κ1) is 14.9. The molecule has 1 aromatic heterocycles. The van der Waals surface area contributed by atoms with E-state index >= 15 is 0 Å². The van der Waals surface area contributed by atoms with Gasteiger partial charge in [0.05, 0.1) is 6.54 Å². The fourth-order valence-corrected chi connectivity index (χ4v) is 4.03. The number of nitrogens with one attached hydrogen (secondary N) is 1. The number of pyridine rings is 1. The van der Waals surface area contributed by atoms with E-state index in [1.165, 1.54) is 0 Å². The van der Waals surface area contributed by atoms with Crippen LogP contribution in [0.15, 0.2) is 24.4 Å². The molecule has 4 heterocycles. The normalized spacial score (nSPS) is 28.2. The largest absolute Gasteiger partial charge is 0.354 e. The zero-order chi connectivity index (χ0) is 15.6. The molecule has 6 heteroatoms. The predicted octanol–water partition coefficient (Wildman–Crippen LogP) is -0.119. The first-order valence-corrected chi connectivity index (χ1v) is 8.66. The van der Waals surface area contributed by atoms with Gasteiger partial charge in [0.1, 0.15) is 5.82 Å². The van der Waals surface area contributed by atoms with E-state index in [1.54, 1.807) is 0 Å². The zero-order valence-corrected chi connectivity index (χ0v) is 13.5. The summed E-state index contributed by atoms with van der Waals surface area (Å²) >= 11 is 0. The van der Waals surface area contributed by atoms with Crippen molar-refractivity contribution >= 4 is 11.7 Å². The van der Waals surface area contributed by atoms with Crippen molar-refractivity contribution in [2.45, 2.75) is 0 Å². The quantitative estimate of drug-likeness (QED) is 0.843. The Balaban J connectivity index is 1.26. The van der Waals surface area contributed by atoms with Crippen LogP contribution in [0.2, 0.25) is 0 Å². The van der Waals surface area contributed by atoms with Gasteiger partial charge in [-0.2, -0.15) is 0 Å². The average molecular weight is 315 g/mol. The van der Waals surface area contributed by atoms with Crippen LogP contribution in [0, 0.1) is 11.8 Å². The Labute approximate surface area is 137 Å². The lowest BCUT2D eigenvalue weighted by molar-refractivity contribution is -0.131. The molecule has 2 atom stereocenters. The number of amides is 1. The molecular formula is C17H25N5O. The molecule has 0 aliphatic carbocycles. The van der Waals surface area contributed by atoms with Crippen molar-refractivity contribution in [2.24, 2.45) is 11.8 Å². The maximum atomic E-state index is 12.5. The minimum Gasteiger partial charge on any atom is -0.354 e. The molecule has 0 saturated carbocycles. The summed E-state index contributed by atoms with van der Waals surface area (Å²) < 4.78 is 0. The molecule has 1 N–H and O–H groups in total. The first-order valence-electron chi connectivity index (χ1n) is 8.66. The molecule has 4 rings (SSSR count). The van der Waals surface area contributed by atoms with Crippen molar-refractivity contribution in [3.05, 3.63) is 24.4 Å². The maximum absolute atomic E-state index is 12.5. The number of carbonyl (C=O) groups is 1. The summed E-state index contributed by atoms with van der Waals surface area (Å²) in [5.74, 6) is 2.71. The van der Waals surface area contributed by atoms with Crippen molar-refractivity contribution in [3.63, 3.8) is 0 Å². The number of rotatable bonds is 3. The summed E-state index contributed by atoms with van der Waals surface area (Å²) in [5.41, 5.74) is 0. The smallest absolute Gasteiger partial charge is 0.236 e. The van der Waals surface area contributed by atoms with Gasteiger partial charge in [-0.05, 0) is 24.0 Å². The van der Waals surface area contributed by atoms with Crippen LogP contribution in [0.5, 0.6) is 0 Å². The van der Waals surface area contributed by atoms with E-state index in [-0.39, 0.29) is 0 Å². The Morgan fingerprint density at radius 1 is 1.13 bits per heavy atom. The van der Waals surface area contributed by atoms with Crippen molar-refractivity contribution in [1.29, 1.82) is 0 Å². The summed E-state index contributed by atoms with van der Waals surface area (Å²) in [6.45, 7) is 8.39. The molecule has 124 valence electrons. The van der Waals surface area contributed by atoms with Crippen LogP contribution in [0.4, 0.5) is 5.82 Å². The lowest BCUT2D eigenvalue weighted by atomic mass is 10.0.